The number of halogens is 2. The summed E-state index contributed by atoms with van der Waals surface area (Å²) >= 11 is 5.90. The average molecular weight is 296 g/mol. The number of nitrogens with two attached hydrogens (primary N) is 1. The third-order valence-electron chi connectivity index (χ3n) is 3.07. The van der Waals surface area contributed by atoms with Gasteiger partial charge in [-0.3, -0.25) is 0 Å². The molecule has 2 rings (SSSR count). The summed E-state index contributed by atoms with van der Waals surface area (Å²) in [4.78, 5) is 0. The van der Waals surface area contributed by atoms with Gasteiger partial charge in [0.25, 0.3) is 0 Å². The van der Waals surface area contributed by atoms with Crippen molar-refractivity contribution in [2.75, 3.05) is 14.2 Å². The zero-order chi connectivity index (χ0) is 14.7. The normalized spacial score (nSPS) is 12.1. The standard InChI is InChI=1S/C15H15ClFNO2/c1-19-10-4-5-11(14(8-10)20-2)15(18)12-7-9(16)3-6-13(12)17/h3-8,15H,18H2,1-2H3. The van der Waals surface area contributed by atoms with Crippen LogP contribution in [-0.2, 0) is 0 Å². The largest absolute Gasteiger partial charge is 0.497 e. The number of methoxy groups -OCH3 is 2. The van der Waals surface area contributed by atoms with E-state index in [9.17, 15) is 4.39 Å². The summed E-state index contributed by atoms with van der Waals surface area (Å²) in [5.41, 5.74) is 7.12. The maximum absolute atomic E-state index is 13.9. The van der Waals surface area contributed by atoms with Crippen molar-refractivity contribution in [1.82, 2.24) is 0 Å². The molecule has 106 valence electrons. The lowest BCUT2D eigenvalue weighted by Gasteiger charge is -2.17. The molecule has 2 N–H and O–H groups in total. The van der Waals surface area contributed by atoms with Crippen molar-refractivity contribution in [3.63, 3.8) is 0 Å². The molecule has 2 aromatic rings. The summed E-state index contributed by atoms with van der Waals surface area (Å²) in [7, 11) is 3.09. The smallest absolute Gasteiger partial charge is 0.128 e. The number of ether oxygens (including phenoxy) is 2. The zero-order valence-electron chi connectivity index (χ0n) is 11.2. The fourth-order valence-electron chi connectivity index (χ4n) is 2.00. The molecule has 5 heteroatoms. The van der Waals surface area contributed by atoms with Crippen LogP contribution >= 0.6 is 11.6 Å². The van der Waals surface area contributed by atoms with E-state index in [1.807, 2.05) is 0 Å². The molecule has 0 bridgehead atoms. The van der Waals surface area contributed by atoms with Crippen molar-refractivity contribution in [1.29, 1.82) is 0 Å². The van der Waals surface area contributed by atoms with Crippen LogP contribution in [0.2, 0.25) is 5.02 Å². The highest BCUT2D eigenvalue weighted by atomic mass is 35.5. The zero-order valence-corrected chi connectivity index (χ0v) is 11.9. The molecule has 1 unspecified atom stereocenters. The summed E-state index contributed by atoms with van der Waals surface area (Å²) < 4.78 is 24.3. The monoisotopic (exact) mass is 295 g/mol. The van der Waals surface area contributed by atoms with Crippen molar-refractivity contribution in [2.24, 2.45) is 5.73 Å². The molecule has 3 nitrogen and oxygen atoms in total. The second-order valence-electron chi connectivity index (χ2n) is 4.25. The van der Waals surface area contributed by atoms with Crippen molar-refractivity contribution in [2.45, 2.75) is 6.04 Å². The van der Waals surface area contributed by atoms with E-state index in [0.717, 1.165) is 0 Å². The lowest BCUT2D eigenvalue weighted by atomic mass is 9.98. The van der Waals surface area contributed by atoms with E-state index in [0.29, 0.717) is 27.6 Å². The Morgan fingerprint density at radius 1 is 1.05 bits per heavy atom. The maximum atomic E-state index is 13.9. The third-order valence-corrected chi connectivity index (χ3v) is 3.30. The van der Waals surface area contributed by atoms with Crippen LogP contribution in [0.3, 0.4) is 0 Å². The van der Waals surface area contributed by atoms with E-state index < -0.39 is 11.9 Å². The fourth-order valence-corrected chi connectivity index (χ4v) is 2.18. The van der Waals surface area contributed by atoms with Crippen LogP contribution < -0.4 is 15.2 Å². The Labute approximate surface area is 122 Å². The fraction of sp³-hybridized carbons (Fsp3) is 0.200. The third kappa shape index (κ3) is 2.86. The van der Waals surface area contributed by atoms with Crippen LogP contribution in [0.4, 0.5) is 4.39 Å². The van der Waals surface area contributed by atoms with Crippen molar-refractivity contribution < 1.29 is 13.9 Å². The molecule has 0 amide bonds. The van der Waals surface area contributed by atoms with Crippen LogP contribution in [0.5, 0.6) is 11.5 Å². The Hall–Kier alpha value is -1.78. The van der Waals surface area contributed by atoms with Crippen molar-refractivity contribution in [3.05, 3.63) is 58.4 Å². The number of rotatable bonds is 4. The number of benzene rings is 2. The first-order valence-corrected chi connectivity index (χ1v) is 6.37. The summed E-state index contributed by atoms with van der Waals surface area (Å²) in [6.07, 6.45) is 0. The van der Waals surface area contributed by atoms with Crippen molar-refractivity contribution >= 4 is 11.6 Å². The van der Waals surface area contributed by atoms with E-state index >= 15 is 0 Å². The van der Waals surface area contributed by atoms with E-state index in [-0.39, 0.29) is 0 Å². The summed E-state index contributed by atoms with van der Waals surface area (Å²) in [5, 5.41) is 0.435. The molecule has 0 spiro atoms. The van der Waals surface area contributed by atoms with E-state index in [1.54, 1.807) is 25.3 Å². The molecular formula is C15H15ClFNO2. The van der Waals surface area contributed by atoms with E-state index in [4.69, 9.17) is 26.8 Å². The molecule has 20 heavy (non-hydrogen) atoms. The van der Waals surface area contributed by atoms with Crippen molar-refractivity contribution in [3.8, 4) is 11.5 Å². The number of hydrogen-bond donors (Lipinski definition) is 1. The highest BCUT2D eigenvalue weighted by Gasteiger charge is 2.18. The minimum absolute atomic E-state index is 0.320. The molecule has 0 saturated heterocycles. The van der Waals surface area contributed by atoms with Gasteiger partial charge in [0.05, 0.1) is 20.3 Å². The van der Waals surface area contributed by atoms with Gasteiger partial charge in [-0.15, -0.1) is 0 Å². The Balaban J connectivity index is 2.47. The maximum Gasteiger partial charge on any atom is 0.128 e. The molecule has 0 radical (unpaired) electrons. The first-order valence-electron chi connectivity index (χ1n) is 5.99. The van der Waals surface area contributed by atoms with Gasteiger partial charge >= 0.3 is 0 Å². The Morgan fingerprint density at radius 2 is 1.80 bits per heavy atom. The molecule has 0 aliphatic heterocycles. The van der Waals surface area contributed by atoms with Gasteiger partial charge in [-0.25, -0.2) is 4.39 Å². The molecule has 1 atom stereocenters. The van der Waals surface area contributed by atoms with Gasteiger partial charge in [-0.2, -0.15) is 0 Å². The lowest BCUT2D eigenvalue weighted by molar-refractivity contribution is 0.389. The van der Waals surface area contributed by atoms with Gasteiger partial charge in [0.1, 0.15) is 17.3 Å². The molecule has 2 aromatic carbocycles. The van der Waals surface area contributed by atoms with Crippen LogP contribution in [-0.4, -0.2) is 14.2 Å². The molecular weight excluding hydrogens is 281 g/mol. The highest BCUT2D eigenvalue weighted by molar-refractivity contribution is 6.30. The topological polar surface area (TPSA) is 44.5 Å². The van der Waals surface area contributed by atoms with Gasteiger partial charge in [0.15, 0.2) is 0 Å². The van der Waals surface area contributed by atoms with Gasteiger partial charge in [0.2, 0.25) is 0 Å². The highest BCUT2D eigenvalue weighted by Crippen LogP contribution is 2.33. The first-order chi connectivity index (χ1) is 9.56. The molecule has 0 aliphatic carbocycles. The molecule has 0 heterocycles. The minimum atomic E-state index is -0.672. The van der Waals surface area contributed by atoms with Crippen LogP contribution in [0, 0.1) is 5.82 Å². The Kier molecular flexibility index (Phi) is 4.47. The van der Waals surface area contributed by atoms with Gasteiger partial charge < -0.3 is 15.2 Å². The lowest BCUT2D eigenvalue weighted by Crippen LogP contribution is -2.14. The summed E-state index contributed by atoms with van der Waals surface area (Å²) in [6, 6.07) is 8.84. The second kappa shape index (κ2) is 6.11. The predicted molar refractivity (Wildman–Crippen MR) is 77.0 cm³/mol. The van der Waals surface area contributed by atoms with E-state index in [1.165, 1.54) is 25.3 Å². The molecule has 0 aliphatic rings. The minimum Gasteiger partial charge on any atom is -0.497 e. The predicted octanol–water partition coefficient (Wildman–Crippen LogP) is 3.54. The molecule has 0 aromatic heterocycles. The second-order valence-corrected chi connectivity index (χ2v) is 4.69. The molecule has 0 saturated carbocycles. The van der Waals surface area contributed by atoms with Crippen LogP contribution in [0.1, 0.15) is 17.2 Å². The quantitative estimate of drug-likeness (QED) is 0.938. The average Bonchev–Trinajstić information content (AvgIpc) is 2.48. The summed E-state index contributed by atoms with van der Waals surface area (Å²) in [5.74, 6) is 0.778. The van der Waals surface area contributed by atoms with Gasteiger partial charge in [-0.1, -0.05) is 11.6 Å². The summed E-state index contributed by atoms with van der Waals surface area (Å²) in [6.45, 7) is 0. The Morgan fingerprint density at radius 3 is 2.45 bits per heavy atom. The van der Waals surface area contributed by atoms with E-state index in [2.05, 4.69) is 0 Å². The number of hydrogen-bond acceptors (Lipinski definition) is 3. The van der Waals surface area contributed by atoms with Crippen LogP contribution in [0.25, 0.3) is 0 Å². The van der Waals surface area contributed by atoms with Gasteiger partial charge in [-0.05, 0) is 30.3 Å². The van der Waals surface area contributed by atoms with Gasteiger partial charge in [0, 0.05) is 22.2 Å². The first kappa shape index (κ1) is 14.6. The Bertz CT molecular complexity index is 619. The SMILES string of the molecule is COc1ccc(C(N)c2cc(Cl)ccc2F)c(OC)c1. The molecule has 0 fully saturated rings. The van der Waals surface area contributed by atoms with Crippen LogP contribution in [0.15, 0.2) is 36.4 Å².